The summed E-state index contributed by atoms with van der Waals surface area (Å²) < 4.78 is 5.67. The van der Waals surface area contributed by atoms with Gasteiger partial charge in [-0.05, 0) is 30.5 Å². The van der Waals surface area contributed by atoms with Crippen LogP contribution < -0.4 is 5.73 Å². The normalized spacial score (nSPS) is 13.4. The van der Waals surface area contributed by atoms with Gasteiger partial charge in [0.2, 0.25) is 0 Å². The van der Waals surface area contributed by atoms with Crippen LogP contribution in [-0.4, -0.2) is 10.2 Å². The molecule has 0 spiro atoms. The van der Waals surface area contributed by atoms with Crippen LogP contribution in [0, 0.1) is 5.92 Å². The summed E-state index contributed by atoms with van der Waals surface area (Å²) in [4.78, 5) is 4.44. The van der Waals surface area contributed by atoms with Gasteiger partial charge >= 0.3 is 0 Å². The number of rotatable bonds is 4. The summed E-state index contributed by atoms with van der Waals surface area (Å²) in [6.07, 6.45) is 1.16. The highest BCUT2D eigenvalue weighted by molar-refractivity contribution is 7.99. The molecule has 0 amide bonds. The van der Waals surface area contributed by atoms with Crippen LogP contribution in [0.5, 0.6) is 0 Å². The van der Waals surface area contributed by atoms with Crippen molar-refractivity contribution in [1.82, 2.24) is 4.98 Å². The Balaban J connectivity index is 2.14. The first-order valence-corrected chi connectivity index (χ1v) is 6.75. The van der Waals surface area contributed by atoms with Crippen LogP contribution in [0.1, 0.15) is 27.2 Å². The van der Waals surface area contributed by atoms with Gasteiger partial charge in [0, 0.05) is 10.9 Å². The molecule has 0 radical (unpaired) electrons. The van der Waals surface area contributed by atoms with Crippen molar-refractivity contribution in [2.45, 2.75) is 37.7 Å². The molecule has 0 saturated heterocycles. The molecule has 0 bridgehead atoms. The molecule has 1 heterocycles. The van der Waals surface area contributed by atoms with Gasteiger partial charge in [-0.25, -0.2) is 4.98 Å². The first kappa shape index (κ1) is 12.3. The van der Waals surface area contributed by atoms with Gasteiger partial charge in [0.1, 0.15) is 5.52 Å². The summed E-state index contributed by atoms with van der Waals surface area (Å²) in [5, 5.41) is 1.25. The van der Waals surface area contributed by atoms with Gasteiger partial charge in [-0.3, -0.25) is 0 Å². The van der Waals surface area contributed by atoms with Crippen LogP contribution in [-0.2, 0) is 0 Å². The van der Waals surface area contributed by atoms with Crippen LogP contribution in [0.25, 0.3) is 11.1 Å². The van der Waals surface area contributed by atoms with Crippen LogP contribution >= 0.6 is 11.8 Å². The zero-order chi connectivity index (χ0) is 12.4. The van der Waals surface area contributed by atoms with Crippen LogP contribution in [0.2, 0.25) is 0 Å². The Labute approximate surface area is 106 Å². The predicted octanol–water partition coefficient (Wildman–Crippen LogP) is 3.94. The highest BCUT2D eigenvalue weighted by Crippen LogP contribution is 2.30. The molecule has 0 fully saturated rings. The third-order valence-electron chi connectivity index (χ3n) is 2.50. The molecule has 2 aromatic rings. The monoisotopic (exact) mass is 250 g/mol. The van der Waals surface area contributed by atoms with E-state index >= 15 is 0 Å². The van der Waals surface area contributed by atoms with Crippen LogP contribution in [0.15, 0.2) is 27.8 Å². The van der Waals surface area contributed by atoms with Crippen LogP contribution in [0.4, 0.5) is 5.69 Å². The summed E-state index contributed by atoms with van der Waals surface area (Å²) in [6.45, 7) is 6.65. The second-order valence-corrected chi connectivity index (χ2v) is 6.15. The SMILES string of the molecule is CC(C)CC(C)Sc1nc2cc(N)ccc2o1. The quantitative estimate of drug-likeness (QED) is 0.659. The molecule has 1 unspecified atom stereocenters. The molecule has 92 valence electrons. The number of thioether (sulfide) groups is 1. The van der Waals surface area contributed by atoms with E-state index in [1.807, 2.05) is 18.2 Å². The maximum absolute atomic E-state index is 5.71. The average Bonchev–Trinajstić information content (AvgIpc) is 2.57. The van der Waals surface area contributed by atoms with Gasteiger partial charge in [-0.1, -0.05) is 32.5 Å². The number of aromatic nitrogens is 1. The fraction of sp³-hybridized carbons (Fsp3) is 0.462. The van der Waals surface area contributed by atoms with Crippen molar-refractivity contribution in [2.24, 2.45) is 5.92 Å². The Bertz CT molecular complexity index is 507. The van der Waals surface area contributed by atoms with E-state index in [4.69, 9.17) is 10.2 Å². The molecule has 1 aromatic carbocycles. The van der Waals surface area contributed by atoms with Gasteiger partial charge in [0.15, 0.2) is 5.58 Å². The van der Waals surface area contributed by atoms with Crippen molar-refractivity contribution in [3.05, 3.63) is 18.2 Å². The molecular formula is C13H18N2OS. The molecule has 0 aliphatic carbocycles. The van der Waals surface area contributed by atoms with E-state index in [1.165, 1.54) is 0 Å². The Morgan fingerprint density at radius 2 is 2.12 bits per heavy atom. The molecule has 1 atom stereocenters. The molecule has 0 saturated carbocycles. The number of hydrogen-bond acceptors (Lipinski definition) is 4. The van der Waals surface area contributed by atoms with E-state index < -0.39 is 0 Å². The van der Waals surface area contributed by atoms with Crippen molar-refractivity contribution >= 4 is 28.5 Å². The summed E-state index contributed by atoms with van der Waals surface area (Å²) in [6, 6.07) is 5.55. The van der Waals surface area contributed by atoms with E-state index in [1.54, 1.807) is 11.8 Å². The summed E-state index contributed by atoms with van der Waals surface area (Å²) in [5.41, 5.74) is 8.07. The molecule has 1 aromatic heterocycles. The zero-order valence-electron chi connectivity index (χ0n) is 10.4. The minimum Gasteiger partial charge on any atom is -0.431 e. The zero-order valence-corrected chi connectivity index (χ0v) is 11.3. The second-order valence-electron chi connectivity index (χ2n) is 4.76. The number of benzene rings is 1. The van der Waals surface area contributed by atoms with Crippen molar-refractivity contribution < 1.29 is 4.42 Å². The summed E-state index contributed by atoms with van der Waals surface area (Å²) in [5.74, 6) is 0.692. The van der Waals surface area contributed by atoms with E-state index in [0.29, 0.717) is 11.2 Å². The van der Waals surface area contributed by atoms with Crippen LogP contribution in [0.3, 0.4) is 0 Å². The number of oxazole rings is 1. The number of nitrogen functional groups attached to an aromatic ring is 1. The van der Waals surface area contributed by atoms with Crippen molar-refractivity contribution in [3.63, 3.8) is 0 Å². The van der Waals surface area contributed by atoms with Crippen molar-refractivity contribution in [1.29, 1.82) is 0 Å². The summed E-state index contributed by atoms with van der Waals surface area (Å²) >= 11 is 1.68. The lowest BCUT2D eigenvalue weighted by molar-refractivity contribution is 0.486. The number of nitrogens with two attached hydrogens (primary N) is 1. The molecular weight excluding hydrogens is 232 g/mol. The fourth-order valence-electron chi connectivity index (χ4n) is 1.86. The van der Waals surface area contributed by atoms with E-state index in [9.17, 15) is 0 Å². The predicted molar refractivity (Wildman–Crippen MR) is 73.2 cm³/mol. The lowest BCUT2D eigenvalue weighted by atomic mass is 10.1. The van der Waals surface area contributed by atoms with Gasteiger partial charge in [-0.2, -0.15) is 0 Å². The fourth-order valence-corrected chi connectivity index (χ4v) is 2.97. The lowest BCUT2D eigenvalue weighted by Gasteiger charge is -2.10. The highest BCUT2D eigenvalue weighted by Gasteiger charge is 2.12. The Kier molecular flexibility index (Phi) is 3.62. The average molecular weight is 250 g/mol. The lowest BCUT2D eigenvalue weighted by Crippen LogP contribution is -2.01. The number of hydrogen-bond donors (Lipinski definition) is 1. The Morgan fingerprint density at radius 1 is 1.35 bits per heavy atom. The maximum Gasteiger partial charge on any atom is 0.256 e. The Morgan fingerprint density at radius 3 is 2.82 bits per heavy atom. The molecule has 0 aliphatic rings. The third kappa shape index (κ3) is 3.16. The van der Waals surface area contributed by atoms with E-state index in [2.05, 4.69) is 25.8 Å². The first-order valence-electron chi connectivity index (χ1n) is 5.87. The molecule has 3 nitrogen and oxygen atoms in total. The second kappa shape index (κ2) is 5.00. The minimum absolute atomic E-state index is 0.514. The van der Waals surface area contributed by atoms with Gasteiger partial charge in [0.05, 0.1) is 0 Å². The Hall–Kier alpha value is -1.16. The number of nitrogens with zero attached hydrogens (tertiary/aromatic N) is 1. The third-order valence-corrected chi connectivity index (χ3v) is 3.47. The standard InChI is InChI=1S/C13H18N2OS/c1-8(2)6-9(3)17-13-15-11-7-10(14)4-5-12(11)16-13/h4-5,7-9H,6,14H2,1-3H3. The smallest absolute Gasteiger partial charge is 0.256 e. The summed E-state index contributed by atoms with van der Waals surface area (Å²) in [7, 11) is 0. The van der Waals surface area contributed by atoms with Gasteiger partial charge in [0.25, 0.3) is 5.22 Å². The van der Waals surface area contributed by atoms with Crippen molar-refractivity contribution in [3.8, 4) is 0 Å². The minimum atomic E-state index is 0.514. The molecule has 2 N–H and O–H groups in total. The molecule has 2 rings (SSSR count). The number of anilines is 1. The number of fused-ring (bicyclic) bond motifs is 1. The molecule has 17 heavy (non-hydrogen) atoms. The molecule has 0 aliphatic heterocycles. The van der Waals surface area contributed by atoms with Gasteiger partial charge < -0.3 is 10.2 Å². The van der Waals surface area contributed by atoms with E-state index in [0.717, 1.165) is 28.4 Å². The topological polar surface area (TPSA) is 52.0 Å². The first-order chi connectivity index (χ1) is 8.04. The largest absolute Gasteiger partial charge is 0.431 e. The highest BCUT2D eigenvalue weighted by atomic mass is 32.2. The maximum atomic E-state index is 5.71. The van der Waals surface area contributed by atoms with Crippen molar-refractivity contribution in [2.75, 3.05) is 5.73 Å². The molecule has 4 heteroatoms. The van der Waals surface area contributed by atoms with Gasteiger partial charge in [-0.15, -0.1) is 0 Å². The van der Waals surface area contributed by atoms with E-state index in [-0.39, 0.29) is 0 Å².